The van der Waals surface area contributed by atoms with Crippen LogP contribution in [0.3, 0.4) is 0 Å². The van der Waals surface area contributed by atoms with E-state index in [2.05, 4.69) is 5.32 Å². The summed E-state index contributed by atoms with van der Waals surface area (Å²) in [5.41, 5.74) is 0. The molecule has 0 saturated heterocycles. The molecule has 4 unspecified atom stereocenters. The van der Waals surface area contributed by atoms with Crippen LogP contribution in [0.4, 0.5) is 0 Å². The highest BCUT2D eigenvalue weighted by atomic mass is 16.3. The highest BCUT2D eigenvalue weighted by molar-refractivity contribution is 5.83. The lowest BCUT2D eigenvalue weighted by molar-refractivity contribution is -0.124. The molecule has 100 valence electrons. The van der Waals surface area contributed by atoms with E-state index in [1.807, 2.05) is 0 Å². The number of aliphatic hydroxyl groups is 1. The fourth-order valence-corrected chi connectivity index (χ4v) is 5.19. The van der Waals surface area contributed by atoms with E-state index in [1.165, 1.54) is 19.3 Å². The van der Waals surface area contributed by atoms with Crippen molar-refractivity contribution in [2.24, 2.45) is 29.6 Å². The molecule has 4 atom stereocenters. The summed E-state index contributed by atoms with van der Waals surface area (Å²) in [6.45, 7) is 0. The van der Waals surface area contributed by atoms with Crippen LogP contribution < -0.4 is 5.32 Å². The van der Waals surface area contributed by atoms with E-state index in [9.17, 15) is 9.90 Å². The topological polar surface area (TPSA) is 49.3 Å². The van der Waals surface area contributed by atoms with E-state index in [0.717, 1.165) is 49.4 Å². The van der Waals surface area contributed by atoms with Crippen LogP contribution >= 0.6 is 0 Å². The molecule has 3 nitrogen and oxygen atoms in total. The van der Waals surface area contributed by atoms with Gasteiger partial charge in [0.05, 0.1) is 6.10 Å². The molecule has 0 spiro atoms. The van der Waals surface area contributed by atoms with Gasteiger partial charge in [0, 0.05) is 12.0 Å². The molecule has 3 heteroatoms. The first-order chi connectivity index (χ1) is 8.74. The summed E-state index contributed by atoms with van der Waals surface area (Å²) in [5, 5.41) is 12.7. The number of hydrogen-bond donors (Lipinski definition) is 2. The quantitative estimate of drug-likeness (QED) is 0.782. The lowest BCUT2D eigenvalue weighted by Gasteiger charge is -2.26. The maximum absolute atomic E-state index is 12.3. The minimum atomic E-state index is -0.130. The van der Waals surface area contributed by atoms with Gasteiger partial charge in [0.2, 0.25) is 5.91 Å². The second kappa shape index (κ2) is 3.96. The van der Waals surface area contributed by atoms with Crippen molar-refractivity contribution >= 4 is 5.91 Å². The van der Waals surface area contributed by atoms with E-state index in [-0.39, 0.29) is 6.10 Å². The van der Waals surface area contributed by atoms with Gasteiger partial charge in [0.15, 0.2) is 0 Å². The molecule has 0 aromatic rings. The fraction of sp³-hybridized carbons (Fsp3) is 0.933. The monoisotopic (exact) mass is 249 g/mol. The molecule has 0 aliphatic heterocycles. The molecule has 0 heterocycles. The summed E-state index contributed by atoms with van der Waals surface area (Å²) in [5.74, 6) is 3.95. The van der Waals surface area contributed by atoms with E-state index < -0.39 is 0 Å². The van der Waals surface area contributed by atoms with Crippen LogP contribution in [0, 0.1) is 29.6 Å². The molecule has 4 fully saturated rings. The Morgan fingerprint density at radius 1 is 0.944 bits per heavy atom. The first kappa shape index (κ1) is 11.3. The van der Waals surface area contributed by atoms with Crippen LogP contribution in [0.2, 0.25) is 0 Å². The third-order valence-electron chi connectivity index (χ3n) is 6.08. The summed E-state index contributed by atoms with van der Waals surface area (Å²) in [4.78, 5) is 12.3. The maximum atomic E-state index is 12.3. The zero-order chi connectivity index (χ0) is 12.3. The highest BCUT2D eigenvalue weighted by Crippen LogP contribution is 2.69. The van der Waals surface area contributed by atoms with Crippen molar-refractivity contribution in [2.75, 3.05) is 0 Å². The number of amides is 1. The van der Waals surface area contributed by atoms with Crippen molar-refractivity contribution in [1.29, 1.82) is 0 Å². The molecule has 4 rings (SSSR count). The molecule has 4 aliphatic carbocycles. The Bertz CT molecular complexity index is 346. The number of fused-ring (bicyclic) bond motifs is 5. The molecule has 2 N–H and O–H groups in total. The van der Waals surface area contributed by atoms with Gasteiger partial charge in [0.25, 0.3) is 0 Å². The van der Waals surface area contributed by atoms with Crippen LogP contribution in [0.1, 0.15) is 44.9 Å². The van der Waals surface area contributed by atoms with Crippen molar-refractivity contribution < 1.29 is 9.90 Å². The highest BCUT2D eigenvalue weighted by Gasteiger charge is 2.67. The van der Waals surface area contributed by atoms with E-state index >= 15 is 0 Å². The smallest absolute Gasteiger partial charge is 0.223 e. The molecule has 1 amide bonds. The van der Waals surface area contributed by atoms with Crippen molar-refractivity contribution in [3.63, 3.8) is 0 Å². The summed E-state index contributed by atoms with van der Waals surface area (Å²) < 4.78 is 0. The van der Waals surface area contributed by atoms with Gasteiger partial charge in [-0.3, -0.25) is 4.79 Å². The lowest BCUT2D eigenvalue weighted by atomic mass is 9.92. The Kier molecular flexibility index (Phi) is 2.48. The predicted molar refractivity (Wildman–Crippen MR) is 67.7 cm³/mol. The number of aliphatic hydroxyl groups excluding tert-OH is 1. The molecule has 0 aromatic carbocycles. The largest absolute Gasteiger partial charge is 0.393 e. The minimum absolute atomic E-state index is 0.130. The number of nitrogens with one attached hydrogen (secondary N) is 1. The summed E-state index contributed by atoms with van der Waals surface area (Å²) >= 11 is 0. The Morgan fingerprint density at radius 2 is 1.56 bits per heavy atom. The molecular formula is C15H23NO2. The van der Waals surface area contributed by atoms with Crippen molar-refractivity contribution in [2.45, 2.75) is 57.1 Å². The first-order valence-electron chi connectivity index (χ1n) is 7.72. The number of carbonyl (C=O) groups is 1. The Morgan fingerprint density at radius 3 is 2.17 bits per heavy atom. The van der Waals surface area contributed by atoms with Gasteiger partial charge in [-0.1, -0.05) is 0 Å². The second-order valence-electron chi connectivity index (χ2n) is 7.03. The van der Waals surface area contributed by atoms with Crippen molar-refractivity contribution in [3.8, 4) is 0 Å². The SMILES string of the molecule is O=C(NC1CCC(O)CC1)C1C2C3CCC(C3)C12. The van der Waals surface area contributed by atoms with E-state index in [1.54, 1.807) is 0 Å². The molecule has 18 heavy (non-hydrogen) atoms. The van der Waals surface area contributed by atoms with Crippen LogP contribution in [0.5, 0.6) is 0 Å². The van der Waals surface area contributed by atoms with Gasteiger partial charge >= 0.3 is 0 Å². The number of hydrogen-bond acceptors (Lipinski definition) is 2. The summed E-state index contributed by atoms with van der Waals surface area (Å²) in [7, 11) is 0. The Labute approximate surface area is 108 Å². The zero-order valence-corrected chi connectivity index (χ0v) is 10.8. The molecule has 4 aliphatic rings. The zero-order valence-electron chi connectivity index (χ0n) is 10.8. The van der Waals surface area contributed by atoms with Gasteiger partial charge < -0.3 is 10.4 Å². The molecule has 4 saturated carbocycles. The number of carbonyl (C=O) groups excluding carboxylic acids is 1. The fourth-order valence-electron chi connectivity index (χ4n) is 5.19. The minimum Gasteiger partial charge on any atom is -0.393 e. The average molecular weight is 249 g/mol. The van der Waals surface area contributed by atoms with Gasteiger partial charge in [0.1, 0.15) is 0 Å². The lowest BCUT2D eigenvalue weighted by Crippen LogP contribution is -2.40. The molecule has 2 bridgehead atoms. The molecule has 0 radical (unpaired) electrons. The Balaban J connectivity index is 1.33. The first-order valence-corrected chi connectivity index (χ1v) is 7.72. The van der Waals surface area contributed by atoms with Gasteiger partial charge in [-0.15, -0.1) is 0 Å². The van der Waals surface area contributed by atoms with Crippen LogP contribution in [-0.2, 0) is 4.79 Å². The van der Waals surface area contributed by atoms with Gasteiger partial charge in [-0.25, -0.2) is 0 Å². The van der Waals surface area contributed by atoms with Crippen LogP contribution in [-0.4, -0.2) is 23.2 Å². The van der Waals surface area contributed by atoms with Gasteiger partial charge in [-0.2, -0.15) is 0 Å². The van der Waals surface area contributed by atoms with Gasteiger partial charge in [-0.05, 0) is 68.6 Å². The Hall–Kier alpha value is -0.570. The van der Waals surface area contributed by atoms with E-state index in [4.69, 9.17) is 0 Å². The molecule has 0 aromatic heterocycles. The summed E-state index contributed by atoms with van der Waals surface area (Å²) in [6, 6.07) is 0.333. The third kappa shape index (κ3) is 1.63. The normalized spacial score (nSPS) is 53.1. The second-order valence-corrected chi connectivity index (χ2v) is 7.03. The van der Waals surface area contributed by atoms with Crippen LogP contribution in [0.15, 0.2) is 0 Å². The number of rotatable bonds is 2. The standard InChI is InChI=1S/C15H23NO2/c17-11-5-3-10(4-6-11)16-15(18)14-12-8-1-2-9(7-8)13(12)14/h8-14,17H,1-7H2,(H,16,18). The third-order valence-corrected chi connectivity index (χ3v) is 6.08. The van der Waals surface area contributed by atoms with Crippen LogP contribution in [0.25, 0.3) is 0 Å². The maximum Gasteiger partial charge on any atom is 0.223 e. The predicted octanol–water partition coefficient (Wildman–Crippen LogP) is 1.70. The van der Waals surface area contributed by atoms with Crippen molar-refractivity contribution in [3.05, 3.63) is 0 Å². The summed E-state index contributed by atoms with van der Waals surface area (Å²) in [6.07, 6.45) is 7.67. The average Bonchev–Trinajstić information content (AvgIpc) is 2.82. The van der Waals surface area contributed by atoms with Crippen molar-refractivity contribution in [1.82, 2.24) is 5.32 Å². The molecular weight excluding hydrogens is 226 g/mol. The van der Waals surface area contributed by atoms with E-state index in [0.29, 0.717) is 17.9 Å².